The molecule has 1 aliphatic heterocycles. The van der Waals surface area contributed by atoms with Gasteiger partial charge in [0.15, 0.2) is 5.69 Å². The predicted octanol–water partition coefficient (Wildman–Crippen LogP) is 3.01. The van der Waals surface area contributed by atoms with Crippen LogP contribution in [0.3, 0.4) is 0 Å². The highest BCUT2D eigenvalue weighted by atomic mass is 19.1. The fourth-order valence-electron chi connectivity index (χ4n) is 4.92. The molecule has 2 aromatic rings. The van der Waals surface area contributed by atoms with E-state index in [0.29, 0.717) is 43.7 Å². The lowest BCUT2D eigenvalue weighted by atomic mass is 9.77. The van der Waals surface area contributed by atoms with Gasteiger partial charge < -0.3 is 10.5 Å². The van der Waals surface area contributed by atoms with Gasteiger partial charge in [-0.15, -0.1) is 0 Å². The molecule has 1 aromatic carbocycles. The zero-order valence-electron chi connectivity index (χ0n) is 19.2. The first kappa shape index (κ1) is 23.8. The first-order valence-corrected chi connectivity index (χ1v) is 11.7. The van der Waals surface area contributed by atoms with Crippen molar-refractivity contribution in [3.05, 3.63) is 52.6 Å². The van der Waals surface area contributed by atoms with E-state index in [-0.39, 0.29) is 41.6 Å². The van der Waals surface area contributed by atoms with E-state index < -0.39 is 11.8 Å². The number of amides is 1. The number of ketones is 1. The predicted molar refractivity (Wildman–Crippen MR) is 123 cm³/mol. The fourth-order valence-corrected chi connectivity index (χ4v) is 4.92. The van der Waals surface area contributed by atoms with E-state index >= 15 is 0 Å². The summed E-state index contributed by atoms with van der Waals surface area (Å²) in [6, 6.07) is 6.00. The minimum absolute atomic E-state index is 0.00140. The Labute approximate surface area is 197 Å². The molecule has 180 valence electrons. The maximum absolute atomic E-state index is 13.3. The van der Waals surface area contributed by atoms with Crippen LogP contribution in [0.1, 0.15) is 72.3 Å². The third-order valence-corrected chi connectivity index (χ3v) is 6.70. The number of hydrogen-bond donors (Lipinski definition) is 1. The Morgan fingerprint density at radius 3 is 2.50 bits per heavy atom. The van der Waals surface area contributed by atoms with E-state index in [1.165, 1.54) is 12.1 Å². The van der Waals surface area contributed by atoms with E-state index in [0.717, 1.165) is 18.4 Å². The second kappa shape index (κ2) is 10.3. The summed E-state index contributed by atoms with van der Waals surface area (Å²) in [6.07, 6.45) is 4.97. The highest BCUT2D eigenvalue weighted by molar-refractivity contribution is 6.00. The number of nitrogens with zero attached hydrogens (tertiary/aromatic N) is 3. The van der Waals surface area contributed by atoms with Gasteiger partial charge in [0.1, 0.15) is 11.6 Å². The molecule has 0 spiro atoms. The second-order valence-corrected chi connectivity index (χ2v) is 8.98. The van der Waals surface area contributed by atoms with Gasteiger partial charge in [-0.25, -0.2) is 4.39 Å². The molecule has 4 rings (SSSR count). The van der Waals surface area contributed by atoms with Crippen molar-refractivity contribution >= 4 is 23.9 Å². The monoisotopic (exact) mass is 468 g/mol. The van der Waals surface area contributed by atoms with Gasteiger partial charge in [0.05, 0.1) is 37.2 Å². The number of Topliss-reactive ketones (excluding diaryl/α,β-unsaturated/α-hetero) is 1. The number of esters is 1. The molecule has 2 N–H and O–H groups in total. The van der Waals surface area contributed by atoms with Gasteiger partial charge in [0.2, 0.25) is 0 Å². The SMILES string of the molecule is CCOC(=O)C1CCC(CC(=O)C2CN=Cc3c2c(C(N)=O)nn3Cc2ccc(F)cc2)CC1. The number of aliphatic imine (C=N–C) groups is 1. The summed E-state index contributed by atoms with van der Waals surface area (Å²) in [5.41, 5.74) is 7.59. The molecule has 0 saturated heterocycles. The number of halogens is 1. The van der Waals surface area contributed by atoms with Gasteiger partial charge in [-0.1, -0.05) is 12.1 Å². The molecule has 2 aliphatic rings. The van der Waals surface area contributed by atoms with Crippen LogP contribution in [0.5, 0.6) is 0 Å². The Hall–Kier alpha value is -3.36. The molecule has 9 heteroatoms. The second-order valence-electron chi connectivity index (χ2n) is 8.98. The van der Waals surface area contributed by atoms with Gasteiger partial charge in [-0.05, 0) is 56.2 Å². The molecule has 1 unspecified atom stereocenters. The molecular weight excluding hydrogens is 439 g/mol. The first-order chi connectivity index (χ1) is 16.4. The van der Waals surface area contributed by atoms with E-state index in [2.05, 4.69) is 10.1 Å². The van der Waals surface area contributed by atoms with Crippen LogP contribution in [0.15, 0.2) is 29.3 Å². The number of hydrogen-bond acceptors (Lipinski definition) is 6. The van der Waals surface area contributed by atoms with Gasteiger partial charge in [0, 0.05) is 18.2 Å². The maximum Gasteiger partial charge on any atom is 0.308 e. The van der Waals surface area contributed by atoms with E-state index in [1.54, 1.807) is 30.0 Å². The molecule has 8 nitrogen and oxygen atoms in total. The lowest BCUT2D eigenvalue weighted by Crippen LogP contribution is -2.28. The van der Waals surface area contributed by atoms with Crippen LogP contribution >= 0.6 is 0 Å². The largest absolute Gasteiger partial charge is 0.466 e. The van der Waals surface area contributed by atoms with Crippen molar-refractivity contribution in [2.45, 2.75) is 51.5 Å². The Morgan fingerprint density at radius 1 is 1.15 bits per heavy atom. The number of carbonyl (C=O) groups excluding carboxylic acids is 3. The highest BCUT2D eigenvalue weighted by Gasteiger charge is 2.35. The minimum atomic E-state index is -0.697. The third kappa shape index (κ3) is 5.08. The standard InChI is InChI=1S/C25H29FN4O4/c1-2-34-25(33)17-7-3-15(4-8-17)11-21(31)19-12-28-13-20-22(19)23(24(27)32)29-30(20)14-16-5-9-18(26)10-6-16/h5-6,9-10,13,15,17,19H,2-4,7-8,11-12,14H2,1H3,(H2,27,32). The molecule has 0 bridgehead atoms. The van der Waals surface area contributed by atoms with Crippen LogP contribution < -0.4 is 5.73 Å². The number of aromatic nitrogens is 2. The molecule has 1 saturated carbocycles. The summed E-state index contributed by atoms with van der Waals surface area (Å²) in [7, 11) is 0. The number of nitrogens with two attached hydrogens (primary N) is 1. The smallest absolute Gasteiger partial charge is 0.308 e. The number of primary amides is 1. The average Bonchev–Trinajstić information content (AvgIpc) is 3.20. The Morgan fingerprint density at radius 2 is 1.85 bits per heavy atom. The normalized spacial score (nSPS) is 21.6. The number of carbonyl (C=O) groups is 3. The highest BCUT2D eigenvalue weighted by Crippen LogP contribution is 2.35. The van der Waals surface area contributed by atoms with E-state index in [4.69, 9.17) is 10.5 Å². The Kier molecular flexibility index (Phi) is 7.19. The van der Waals surface area contributed by atoms with Crippen LogP contribution in [0.4, 0.5) is 4.39 Å². The molecule has 1 atom stereocenters. The lowest BCUT2D eigenvalue weighted by Gasteiger charge is -2.28. The number of benzene rings is 1. The summed E-state index contributed by atoms with van der Waals surface area (Å²) < 4.78 is 20.0. The van der Waals surface area contributed by atoms with E-state index in [1.807, 2.05) is 0 Å². The molecule has 2 heterocycles. The van der Waals surface area contributed by atoms with Crippen molar-refractivity contribution in [1.29, 1.82) is 0 Å². The van der Waals surface area contributed by atoms with Gasteiger partial charge in [-0.2, -0.15) is 5.10 Å². The van der Waals surface area contributed by atoms with Crippen LogP contribution in [-0.4, -0.2) is 46.8 Å². The Balaban J connectivity index is 1.50. The van der Waals surface area contributed by atoms with Crippen molar-refractivity contribution in [2.75, 3.05) is 13.2 Å². The zero-order valence-corrected chi connectivity index (χ0v) is 19.2. The summed E-state index contributed by atoms with van der Waals surface area (Å²) in [5, 5.41) is 4.39. The van der Waals surface area contributed by atoms with Gasteiger partial charge in [0.25, 0.3) is 5.91 Å². The van der Waals surface area contributed by atoms with Crippen molar-refractivity contribution in [1.82, 2.24) is 9.78 Å². The number of fused-ring (bicyclic) bond motifs is 1. The fraction of sp³-hybridized carbons (Fsp3) is 0.480. The number of ether oxygens (including phenoxy) is 1. The summed E-state index contributed by atoms with van der Waals surface area (Å²) >= 11 is 0. The molecule has 34 heavy (non-hydrogen) atoms. The summed E-state index contributed by atoms with van der Waals surface area (Å²) in [6.45, 7) is 2.71. The number of rotatable bonds is 8. The maximum atomic E-state index is 13.3. The van der Waals surface area contributed by atoms with E-state index in [9.17, 15) is 18.8 Å². The van der Waals surface area contributed by atoms with Crippen molar-refractivity contribution in [2.24, 2.45) is 22.6 Å². The molecule has 1 amide bonds. The minimum Gasteiger partial charge on any atom is -0.466 e. The third-order valence-electron chi connectivity index (χ3n) is 6.70. The topological polar surface area (TPSA) is 117 Å². The molecule has 1 aromatic heterocycles. The quantitative estimate of drug-likeness (QED) is 0.598. The van der Waals surface area contributed by atoms with Crippen LogP contribution in [-0.2, 0) is 20.9 Å². The Bertz CT molecular complexity index is 1100. The van der Waals surface area contributed by atoms with Gasteiger partial charge >= 0.3 is 5.97 Å². The first-order valence-electron chi connectivity index (χ1n) is 11.7. The van der Waals surface area contributed by atoms with Crippen molar-refractivity contribution in [3.8, 4) is 0 Å². The summed E-state index contributed by atoms with van der Waals surface area (Å²) in [5.74, 6) is -1.70. The van der Waals surface area contributed by atoms with Crippen molar-refractivity contribution < 1.29 is 23.5 Å². The molecule has 1 aliphatic carbocycles. The molecule has 0 radical (unpaired) electrons. The van der Waals surface area contributed by atoms with Crippen LogP contribution in [0.25, 0.3) is 0 Å². The molecular formula is C25H29FN4O4. The summed E-state index contributed by atoms with van der Waals surface area (Å²) in [4.78, 5) is 41.9. The van der Waals surface area contributed by atoms with Crippen LogP contribution in [0, 0.1) is 17.7 Å². The molecule has 1 fully saturated rings. The zero-order chi connectivity index (χ0) is 24.2. The lowest BCUT2D eigenvalue weighted by molar-refractivity contribution is -0.149. The average molecular weight is 469 g/mol. The van der Waals surface area contributed by atoms with Crippen LogP contribution in [0.2, 0.25) is 0 Å². The van der Waals surface area contributed by atoms with Crippen molar-refractivity contribution in [3.63, 3.8) is 0 Å². The van der Waals surface area contributed by atoms with Gasteiger partial charge in [-0.3, -0.25) is 24.1 Å².